The molecule has 0 amide bonds. The van der Waals surface area contributed by atoms with Crippen molar-refractivity contribution in [3.05, 3.63) is 31.4 Å². The Morgan fingerprint density at radius 2 is 1.74 bits per heavy atom. The van der Waals surface area contributed by atoms with Crippen molar-refractivity contribution in [2.24, 2.45) is 0 Å². The summed E-state index contributed by atoms with van der Waals surface area (Å²) in [4.78, 5) is 0. The van der Waals surface area contributed by atoms with Crippen LogP contribution < -0.4 is 4.57 Å². The van der Waals surface area contributed by atoms with Gasteiger partial charge in [-0.15, -0.1) is 0 Å². The zero-order valence-corrected chi connectivity index (χ0v) is 11.3. The second-order valence-corrected chi connectivity index (χ2v) is 5.87. The van der Waals surface area contributed by atoms with Crippen molar-refractivity contribution >= 4 is 7.81 Å². The van der Waals surface area contributed by atoms with E-state index in [4.69, 9.17) is 0 Å². The van der Waals surface area contributed by atoms with E-state index in [0.29, 0.717) is 0 Å². The van der Waals surface area contributed by atoms with Crippen LogP contribution in [0.3, 0.4) is 0 Å². The number of halogens is 6. The van der Waals surface area contributed by atoms with Crippen LogP contribution in [-0.2, 0) is 13.1 Å². The quantitative estimate of drug-likeness (QED) is 0.308. The van der Waals surface area contributed by atoms with E-state index in [9.17, 15) is 25.2 Å². The van der Waals surface area contributed by atoms with Gasteiger partial charge < -0.3 is 0 Å². The van der Waals surface area contributed by atoms with E-state index in [1.807, 2.05) is 6.08 Å². The summed E-state index contributed by atoms with van der Waals surface area (Å²) >= 11 is 0. The molecular weight excluding hydrogens is 293 g/mol. The molecule has 1 aromatic heterocycles. The van der Waals surface area contributed by atoms with Crippen LogP contribution >= 0.6 is 7.81 Å². The molecule has 1 aromatic rings. The zero-order valence-electron chi connectivity index (χ0n) is 10.5. The van der Waals surface area contributed by atoms with Gasteiger partial charge in [0.2, 0.25) is 6.33 Å². The van der Waals surface area contributed by atoms with Crippen LogP contribution in [0.1, 0.15) is 19.8 Å². The third-order valence-corrected chi connectivity index (χ3v) is 1.86. The summed E-state index contributed by atoms with van der Waals surface area (Å²) in [5.74, 6) is 0. The van der Waals surface area contributed by atoms with E-state index in [-0.39, 0.29) is 0 Å². The molecule has 0 aromatic carbocycles. The fraction of sp³-hybridized carbons (Fsp3) is 0.500. The van der Waals surface area contributed by atoms with Crippen LogP contribution in [-0.4, -0.2) is 4.57 Å². The fourth-order valence-corrected chi connectivity index (χ4v) is 1.17. The molecule has 0 N–H and O–H groups in total. The number of nitrogens with zero attached hydrogens (tertiary/aromatic N) is 2. The summed E-state index contributed by atoms with van der Waals surface area (Å²) in [6.07, 6.45) is 10.7. The van der Waals surface area contributed by atoms with E-state index in [1.165, 1.54) is 12.8 Å². The number of allylic oxidation sites excluding steroid dienone is 1. The third-order valence-electron chi connectivity index (χ3n) is 1.86. The molecule has 0 bridgehead atoms. The van der Waals surface area contributed by atoms with Crippen LogP contribution in [0, 0.1) is 0 Å². The van der Waals surface area contributed by atoms with Gasteiger partial charge in [-0.1, -0.05) is 26.0 Å². The Morgan fingerprint density at radius 1 is 1.21 bits per heavy atom. The molecule has 0 fully saturated rings. The van der Waals surface area contributed by atoms with Gasteiger partial charge in [-0.3, -0.25) is 0 Å². The van der Waals surface area contributed by atoms with Gasteiger partial charge in [0.15, 0.2) is 0 Å². The van der Waals surface area contributed by atoms with Gasteiger partial charge in [0.25, 0.3) is 0 Å². The summed E-state index contributed by atoms with van der Waals surface area (Å²) in [5, 5.41) is 0. The predicted octanol–water partition coefficient (Wildman–Crippen LogP) is 5.14. The topological polar surface area (TPSA) is 8.81 Å². The third kappa shape index (κ3) is 17.0. The predicted molar refractivity (Wildman–Crippen MR) is 63.3 cm³/mol. The van der Waals surface area contributed by atoms with Crippen molar-refractivity contribution in [3.63, 3.8) is 0 Å². The minimum absolute atomic E-state index is 0.902. The molecule has 0 radical (unpaired) electrons. The first kappa shape index (κ1) is 18.0. The van der Waals surface area contributed by atoms with Crippen LogP contribution in [0.15, 0.2) is 31.4 Å². The van der Waals surface area contributed by atoms with Gasteiger partial charge in [-0.2, -0.15) is 0 Å². The maximum absolute atomic E-state index is 10.7. The molecule has 0 aliphatic carbocycles. The summed E-state index contributed by atoms with van der Waals surface area (Å²) in [5.41, 5.74) is 0. The molecule has 0 unspecified atom stereocenters. The molecule has 0 aliphatic heterocycles. The van der Waals surface area contributed by atoms with Crippen molar-refractivity contribution in [1.82, 2.24) is 4.57 Å². The average Bonchev–Trinajstić information content (AvgIpc) is 2.58. The Balaban J connectivity index is 0.000000399. The number of imidazole rings is 1. The molecule has 1 rings (SSSR count). The molecular formula is C10H17F6N2P. The van der Waals surface area contributed by atoms with Crippen molar-refractivity contribution in [2.45, 2.75) is 32.9 Å². The van der Waals surface area contributed by atoms with E-state index in [0.717, 1.165) is 13.1 Å². The van der Waals surface area contributed by atoms with Gasteiger partial charge in [0, 0.05) is 0 Å². The summed E-state index contributed by atoms with van der Waals surface area (Å²) in [7, 11) is -10.7. The van der Waals surface area contributed by atoms with Crippen LogP contribution in [0.4, 0.5) is 25.2 Å². The van der Waals surface area contributed by atoms with Crippen LogP contribution in [0.2, 0.25) is 0 Å². The van der Waals surface area contributed by atoms with Crippen molar-refractivity contribution in [3.8, 4) is 0 Å². The van der Waals surface area contributed by atoms with E-state index >= 15 is 0 Å². The second kappa shape index (κ2) is 5.53. The summed E-state index contributed by atoms with van der Waals surface area (Å²) < 4.78 is 63.5. The Hall–Kier alpha value is -1.04. The molecule has 1 heterocycles. The summed E-state index contributed by atoms with van der Waals surface area (Å²) in [6, 6.07) is 0. The van der Waals surface area contributed by atoms with Gasteiger partial charge in [-0.25, -0.2) is 9.13 Å². The standard InChI is InChI=1S/C10H17N2.F6P/c1-3-5-7-12-9-8-11(10-12)6-4-2;1-7(2,3,4,5)6/h4,8-10H,2-3,5-7H2,1H3;/q+1;-1. The van der Waals surface area contributed by atoms with Crippen LogP contribution in [0.5, 0.6) is 0 Å². The number of rotatable bonds is 5. The molecule has 19 heavy (non-hydrogen) atoms. The number of hydrogen-bond acceptors (Lipinski definition) is 0. The normalized spacial score (nSPS) is 14.9. The molecule has 2 nitrogen and oxygen atoms in total. The molecule has 0 saturated carbocycles. The zero-order chi connectivity index (χ0) is 15.2. The van der Waals surface area contributed by atoms with E-state index < -0.39 is 7.81 Å². The Morgan fingerprint density at radius 3 is 2.16 bits per heavy atom. The Labute approximate surface area is 107 Å². The van der Waals surface area contributed by atoms with Crippen molar-refractivity contribution in [2.75, 3.05) is 0 Å². The SMILES string of the molecule is C=CC[n+]1ccn(CCCC)c1.F[P-](F)(F)(F)(F)F. The molecule has 9 heteroatoms. The van der Waals surface area contributed by atoms with Gasteiger partial charge >= 0.3 is 33.0 Å². The number of aromatic nitrogens is 2. The number of hydrogen-bond donors (Lipinski definition) is 0. The Kier molecular flexibility index (Phi) is 5.22. The first-order valence-electron chi connectivity index (χ1n) is 5.54. The van der Waals surface area contributed by atoms with Crippen molar-refractivity contribution in [1.29, 1.82) is 0 Å². The van der Waals surface area contributed by atoms with Crippen molar-refractivity contribution < 1.29 is 29.7 Å². The van der Waals surface area contributed by atoms with E-state index in [1.54, 1.807) is 0 Å². The summed E-state index contributed by atoms with van der Waals surface area (Å²) in [6.45, 7) is 7.93. The minimum atomic E-state index is -10.7. The monoisotopic (exact) mass is 310 g/mol. The van der Waals surface area contributed by atoms with Gasteiger partial charge in [0.05, 0.1) is 6.54 Å². The number of unbranched alkanes of at least 4 members (excludes halogenated alkanes) is 1. The van der Waals surface area contributed by atoms with Gasteiger partial charge in [-0.05, 0) is 6.42 Å². The maximum atomic E-state index is 9.87. The molecule has 0 saturated heterocycles. The average molecular weight is 310 g/mol. The number of aryl methyl sites for hydroxylation is 1. The first-order valence-corrected chi connectivity index (χ1v) is 7.56. The first-order chi connectivity index (χ1) is 8.31. The molecule has 0 atom stereocenters. The molecule has 0 spiro atoms. The Bertz CT molecular complexity index is 396. The fourth-order valence-electron chi connectivity index (χ4n) is 1.17. The second-order valence-electron chi connectivity index (χ2n) is 3.95. The van der Waals surface area contributed by atoms with E-state index in [2.05, 4.69) is 41.4 Å². The molecule has 114 valence electrons. The van der Waals surface area contributed by atoms with Gasteiger partial charge in [0.1, 0.15) is 18.9 Å². The molecule has 0 aliphatic rings. The van der Waals surface area contributed by atoms with Crippen LogP contribution in [0.25, 0.3) is 0 Å².